The number of benzene rings is 2. The first-order valence-electron chi connectivity index (χ1n) is 10.0. The number of carbonyl (C=O) groups is 1. The number of rotatable bonds is 7. The molecule has 0 aliphatic heterocycles. The summed E-state index contributed by atoms with van der Waals surface area (Å²) in [4.78, 5) is 12.3. The molecule has 1 aliphatic carbocycles. The van der Waals surface area contributed by atoms with Crippen molar-refractivity contribution < 1.29 is 14.1 Å². The zero-order chi connectivity index (χ0) is 20.3. The minimum absolute atomic E-state index is 0.00569. The first-order chi connectivity index (χ1) is 14.0. The number of ether oxygens (including phenoxy) is 1. The van der Waals surface area contributed by atoms with Crippen LogP contribution >= 0.6 is 0 Å². The van der Waals surface area contributed by atoms with E-state index in [-0.39, 0.29) is 24.0 Å². The molecule has 1 fully saturated rings. The predicted octanol–water partition coefficient (Wildman–Crippen LogP) is 4.49. The summed E-state index contributed by atoms with van der Waals surface area (Å²) in [5.74, 6) is 1.85. The third kappa shape index (κ3) is 4.34. The number of para-hydroxylation sites is 1. The van der Waals surface area contributed by atoms with Crippen molar-refractivity contribution >= 4 is 5.91 Å². The monoisotopic (exact) mass is 390 g/mol. The molecule has 0 radical (unpaired) electrons. The highest BCUT2D eigenvalue weighted by atomic mass is 16.5. The van der Waals surface area contributed by atoms with E-state index in [1.165, 1.54) is 0 Å². The lowest BCUT2D eigenvalue weighted by atomic mass is 9.57. The van der Waals surface area contributed by atoms with Gasteiger partial charge >= 0.3 is 0 Å². The summed E-state index contributed by atoms with van der Waals surface area (Å²) in [7, 11) is 0. The van der Waals surface area contributed by atoms with E-state index in [0.29, 0.717) is 11.7 Å². The van der Waals surface area contributed by atoms with Gasteiger partial charge in [-0.15, -0.1) is 0 Å². The quantitative estimate of drug-likeness (QED) is 0.645. The molecule has 1 N–H and O–H groups in total. The van der Waals surface area contributed by atoms with Crippen molar-refractivity contribution in [2.45, 2.75) is 32.7 Å². The Kier molecular flexibility index (Phi) is 5.38. The second kappa shape index (κ2) is 8.11. The standard InChI is InChI=1S/C24H26N2O3/c1-24(2)18(13-19-15-21(29-26-19)17-9-5-3-6-10-17)14-22(24)25-23(27)16-28-20-11-7-4-8-12-20/h3-12,15,18,22H,13-14,16H2,1-2H3,(H,25,27)/t18-,22+/m1/s1. The van der Waals surface area contributed by atoms with Crippen molar-refractivity contribution in [1.82, 2.24) is 10.5 Å². The Morgan fingerprint density at radius 3 is 2.52 bits per heavy atom. The van der Waals surface area contributed by atoms with Crippen LogP contribution in [-0.2, 0) is 11.2 Å². The minimum atomic E-state index is -0.0850. The van der Waals surface area contributed by atoms with Gasteiger partial charge in [-0.3, -0.25) is 4.79 Å². The van der Waals surface area contributed by atoms with Crippen LogP contribution in [0.2, 0.25) is 0 Å². The maximum absolute atomic E-state index is 12.3. The van der Waals surface area contributed by atoms with Gasteiger partial charge in [0.15, 0.2) is 12.4 Å². The molecule has 3 aromatic rings. The largest absolute Gasteiger partial charge is 0.484 e. The lowest BCUT2D eigenvalue weighted by Gasteiger charge is -2.52. The molecule has 1 amide bonds. The first-order valence-corrected chi connectivity index (χ1v) is 10.0. The third-order valence-electron chi connectivity index (χ3n) is 5.99. The Balaban J connectivity index is 1.29. The van der Waals surface area contributed by atoms with E-state index in [1.54, 1.807) is 0 Å². The number of carbonyl (C=O) groups excluding carboxylic acids is 1. The number of amides is 1. The second-order valence-corrected chi connectivity index (χ2v) is 8.23. The highest BCUT2D eigenvalue weighted by Gasteiger charge is 2.48. The minimum Gasteiger partial charge on any atom is -0.484 e. The zero-order valence-corrected chi connectivity index (χ0v) is 16.8. The van der Waals surface area contributed by atoms with Crippen molar-refractivity contribution in [2.75, 3.05) is 6.61 Å². The van der Waals surface area contributed by atoms with Crippen LogP contribution in [0.25, 0.3) is 11.3 Å². The molecule has 0 bridgehead atoms. The van der Waals surface area contributed by atoms with Crippen molar-refractivity contribution in [3.05, 3.63) is 72.4 Å². The fraction of sp³-hybridized carbons (Fsp3) is 0.333. The lowest BCUT2D eigenvalue weighted by molar-refractivity contribution is -0.127. The second-order valence-electron chi connectivity index (χ2n) is 8.23. The van der Waals surface area contributed by atoms with Gasteiger partial charge in [-0.05, 0) is 36.3 Å². The van der Waals surface area contributed by atoms with E-state index in [0.717, 1.165) is 29.9 Å². The van der Waals surface area contributed by atoms with Crippen LogP contribution in [0.1, 0.15) is 26.0 Å². The summed E-state index contributed by atoms with van der Waals surface area (Å²) in [6.45, 7) is 4.43. The van der Waals surface area contributed by atoms with Crippen molar-refractivity contribution in [3.8, 4) is 17.1 Å². The number of aromatic nitrogens is 1. The topological polar surface area (TPSA) is 64.4 Å². The normalized spacial score (nSPS) is 19.9. The molecular formula is C24H26N2O3. The fourth-order valence-electron chi connectivity index (χ4n) is 3.91. The van der Waals surface area contributed by atoms with E-state index in [2.05, 4.69) is 24.3 Å². The molecule has 5 nitrogen and oxygen atoms in total. The number of nitrogens with zero attached hydrogens (tertiary/aromatic N) is 1. The Morgan fingerprint density at radius 1 is 1.14 bits per heavy atom. The molecule has 2 aromatic carbocycles. The Bertz CT molecular complexity index is 951. The van der Waals surface area contributed by atoms with Gasteiger partial charge in [0.2, 0.25) is 0 Å². The van der Waals surface area contributed by atoms with Crippen LogP contribution in [0.3, 0.4) is 0 Å². The van der Waals surface area contributed by atoms with E-state index in [1.807, 2.05) is 66.7 Å². The summed E-state index contributed by atoms with van der Waals surface area (Å²) >= 11 is 0. The summed E-state index contributed by atoms with van der Waals surface area (Å²) in [6, 6.07) is 21.5. The van der Waals surface area contributed by atoms with Gasteiger partial charge < -0.3 is 14.6 Å². The average molecular weight is 390 g/mol. The van der Waals surface area contributed by atoms with Gasteiger partial charge in [0.05, 0.1) is 5.69 Å². The van der Waals surface area contributed by atoms with Crippen LogP contribution in [-0.4, -0.2) is 23.7 Å². The highest BCUT2D eigenvalue weighted by Crippen LogP contribution is 2.47. The van der Waals surface area contributed by atoms with E-state index < -0.39 is 0 Å². The van der Waals surface area contributed by atoms with Gasteiger partial charge in [0, 0.05) is 17.7 Å². The van der Waals surface area contributed by atoms with Crippen molar-refractivity contribution in [1.29, 1.82) is 0 Å². The van der Waals surface area contributed by atoms with E-state index in [4.69, 9.17) is 9.26 Å². The maximum atomic E-state index is 12.3. The molecule has 0 unspecified atom stereocenters. The zero-order valence-electron chi connectivity index (χ0n) is 16.8. The molecule has 1 saturated carbocycles. The Hall–Kier alpha value is -3.08. The molecule has 4 rings (SSSR count). The van der Waals surface area contributed by atoms with E-state index >= 15 is 0 Å². The van der Waals surface area contributed by atoms with Crippen molar-refractivity contribution in [3.63, 3.8) is 0 Å². The van der Waals surface area contributed by atoms with Gasteiger partial charge in [-0.25, -0.2) is 0 Å². The lowest BCUT2D eigenvalue weighted by Crippen LogP contribution is -2.59. The summed E-state index contributed by atoms with van der Waals surface area (Å²) in [5, 5.41) is 7.36. The highest BCUT2D eigenvalue weighted by molar-refractivity contribution is 5.78. The maximum Gasteiger partial charge on any atom is 0.258 e. The molecule has 0 spiro atoms. The molecule has 1 heterocycles. The van der Waals surface area contributed by atoms with Gasteiger partial charge in [-0.2, -0.15) is 0 Å². The van der Waals surface area contributed by atoms with Crippen LogP contribution in [0, 0.1) is 11.3 Å². The average Bonchev–Trinajstić information content (AvgIpc) is 3.22. The predicted molar refractivity (Wildman–Crippen MR) is 111 cm³/mol. The van der Waals surface area contributed by atoms with Crippen LogP contribution in [0.15, 0.2) is 71.3 Å². The summed E-state index contributed by atoms with van der Waals surface area (Å²) in [6.07, 6.45) is 1.77. The molecule has 29 heavy (non-hydrogen) atoms. The van der Waals surface area contributed by atoms with Crippen LogP contribution < -0.4 is 10.1 Å². The van der Waals surface area contributed by atoms with Gasteiger partial charge in [0.25, 0.3) is 5.91 Å². The molecule has 0 saturated heterocycles. The Labute approximate surface area is 171 Å². The number of nitrogens with one attached hydrogen (secondary N) is 1. The molecule has 5 heteroatoms. The van der Waals surface area contributed by atoms with Crippen molar-refractivity contribution in [2.24, 2.45) is 11.3 Å². The van der Waals surface area contributed by atoms with E-state index in [9.17, 15) is 4.79 Å². The molecule has 2 atom stereocenters. The number of hydrogen-bond acceptors (Lipinski definition) is 4. The summed E-state index contributed by atoms with van der Waals surface area (Å²) < 4.78 is 11.1. The Morgan fingerprint density at radius 2 is 1.83 bits per heavy atom. The van der Waals surface area contributed by atoms with Crippen LogP contribution in [0.5, 0.6) is 5.75 Å². The van der Waals surface area contributed by atoms with Gasteiger partial charge in [-0.1, -0.05) is 67.5 Å². The molecule has 1 aliphatic rings. The molecule has 1 aromatic heterocycles. The third-order valence-corrected chi connectivity index (χ3v) is 5.99. The van der Waals surface area contributed by atoms with Crippen LogP contribution in [0.4, 0.5) is 0 Å². The smallest absolute Gasteiger partial charge is 0.258 e. The SMILES string of the molecule is CC1(C)[C@H](Cc2cc(-c3ccccc3)on2)C[C@@H]1NC(=O)COc1ccccc1. The fourth-order valence-corrected chi connectivity index (χ4v) is 3.91. The molecular weight excluding hydrogens is 364 g/mol. The summed E-state index contributed by atoms with van der Waals surface area (Å²) in [5.41, 5.74) is 1.98. The first kappa shape index (κ1) is 19.2. The number of hydrogen-bond donors (Lipinski definition) is 1. The molecule has 150 valence electrons. The van der Waals surface area contributed by atoms with Gasteiger partial charge in [0.1, 0.15) is 5.75 Å².